The highest BCUT2D eigenvalue weighted by Crippen LogP contribution is 2.65. The number of anilines is 1. The Kier molecular flexibility index (Phi) is 8.25. The molecule has 3 saturated heterocycles. The first-order valence-electron chi connectivity index (χ1n) is 14.3. The van der Waals surface area contributed by atoms with Crippen LogP contribution in [0.1, 0.15) is 37.8 Å². The molecule has 3 heterocycles. The molecule has 9 heteroatoms. The summed E-state index contributed by atoms with van der Waals surface area (Å²) in [4.78, 5) is 46.0. The summed E-state index contributed by atoms with van der Waals surface area (Å²) in [7, 11) is 1.57. The predicted octanol–water partition coefficient (Wildman–Crippen LogP) is 3.83. The molecule has 6 atom stereocenters. The lowest BCUT2D eigenvalue weighted by Gasteiger charge is -2.39. The van der Waals surface area contributed by atoms with Gasteiger partial charge in [0.2, 0.25) is 5.91 Å². The van der Waals surface area contributed by atoms with Gasteiger partial charge in [-0.3, -0.25) is 14.4 Å². The number of carbonyl (C=O) groups excluding carboxylic acids is 3. The van der Waals surface area contributed by atoms with E-state index < -0.39 is 53.6 Å². The van der Waals surface area contributed by atoms with E-state index in [1.807, 2.05) is 37.3 Å². The fourth-order valence-electron chi connectivity index (χ4n) is 7.25. The van der Waals surface area contributed by atoms with Gasteiger partial charge in [-0.05, 0) is 49.1 Å². The lowest BCUT2D eigenvalue weighted by atomic mass is 9.65. The predicted molar refractivity (Wildman–Crippen MR) is 157 cm³/mol. The molecule has 5 rings (SSSR count). The van der Waals surface area contributed by atoms with Gasteiger partial charge in [-0.25, -0.2) is 0 Å². The van der Waals surface area contributed by atoms with Gasteiger partial charge in [-0.1, -0.05) is 56.0 Å². The quantitative estimate of drug-likeness (QED) is 0.303. The molecule has 3 aliphatic heterocycles. The van der Waals surface area contributed by atoms with Crippen molar-refractivity contribution in [3.05, 3.63) is 85.5 Å². The third-order valence-corrected chi connectivity index (χ3v) is 9.10. The van der Waals surface area contributed by atoms with Crippen molar-refractivity contribution >= 4 is 23.5 Å². The van der Waals surface area contributed by atoms with Crippen LogP contribution in [0.15, 0.2) is 79.9 Å². The molecule has 2 aromatic rings. The van der Waals surface area contributed by atoms with Crippen molar-refractivity contribution in [3.63, 3.8) is 0 Å². The van der Waals surface area contributed by atoms with E-state index in [9.17, 15) is 19.5 Å². The summed E-state index contributed by atoms with van der Waals surface area (Å²) in [6.07, 6.45) is 4.48. The number of rotatable bonds is 12. The molecule has 0 aliphatic carbocycles. The van der Waals surface area contributed by atoms with Crippen molar-refractivity contribution in [2.24, 2.45) is 11.8 Å². The van der Waals surface area contributed by atoms with E-state index in [2.05, 4.69) is 13.2 Å². The standard InChI is InChI=1S/C33H38N2O7/c1-5-19-34(23-13-15-24(40-4)16-14-23)30(38)28-33-18-17-32(7-3,42-33)27(31(39)41-20-6-2)26(33)29(37)35(28)25(21-36)22-11-9-8-10-12-22/h5-6,8-16,25-28,36H,1-2,7,17-21H2,3-4H3/t25-,26+,27+,28?,32-,33?/m1/s1. The second kappa shape index (κ2) is 11.7. The minimum Gasteiger partial charge on any atom is -0.497 e. The maximum atomic E-state index is 14.8. The molecule has 3 fully saturated rings. The van der Waals surface area contributed by atoms with E-state index in [0.29, 0.717) is 36.3 Å². The maximum Gasteiger partial charge on any atom is 0.313 e. The number of carbonyl (C=O) groups is 3. The number of esters is 1. The molecule has 0 aromatic heterocycles. The number of benzene rings is 2. The third-order valence-electron chi connectivity index (χ3n) is 9.10. The van der Waals surface area contributed by atoms with Crippen LogP contribution >= 0.6 is 0 Å². The monoisotopic (exact) mass is 574 g/mol. The molecule has 0 radical (unpaired) electrons. The van der Waals surface area contributed by atoms with Crippen molar-refractivity contribution < 1.29 is 33.7 Å². The number of aliphatic hydroxyl groups is 1. The summed E-state index contributed by atoms with van der Waals surface area (Å²) >= 11 is 0. The summed E-state index contributed by atoms with van der Waals surface area (Å²) in [5.74, 6) is -2.53. The second-order valence-electron chi connectivity index (χ2n) is 11.0. The SMILES string of the molecule is C=CCOC(=O)[C@@H]1[C@H]2C(=O)N([C@H](CO)c3ccccc3)C(C(=O)N(CC=C)c3ccc(OC)cc3)C23CC[C@@]1(CC)O3. The molecule has 42 heavy (non-hydrogen) atoms. The van der Waals surface area contributed by atoms with E-state index in [1.165, 1.54) is 11.0 Å². The highest BCUT2D eigenvalue weighted by atomic mass is 16.6. The smallest absolute Gasteiger partial charge is 0.313 e. The fourth-order valence-corrected chi connectivity index (χ4v) is 7.25. The van der Waals surface area contributed by atoms with Crippen LogP contribution in [0.3, 0.4) is 0 Å². The van der Waals surface area contributed by atoms with Gasteiger partial charge < -0.3 is 29.1 Å². The van der Waals surface area contributed by atoms with Crippen molar-refractivity contribution in [1.29, 1.82) is 0 Å². The summed E-state index contributed by atoms with van der Waals surface area (Å²) in [5, 5.41) is 10.7. The number of hydrogen-bond acceptors (Lipinski definition) is 7. The summed E-state index contributed by atoms with van der Waals surface area (Å²) in [6.45, 7) is 9.18. The van der Waals surface area contributed by atoms with Crippen LogP contribution in [0, 0.1) is 11.8 Å². The van der Waals surface area contributed by atoms with Crippen LogP contribution in [0.4, 0.5) is 5.69 Å². The molecule has 3 aliphatic rings. The van der Waals surface area contributed by atoms with Crippen LogP contribution in [-0.2, 0) is 23.9 Å². The molecule has 2 bridgehead atoms. The number of ether oxygens (including phenoxy) is 3. The van der Waals surface area contributed by atoms with E-state index in [4.69, 9.17) is 14.2 Å². The number of methoxy groups -OCH3 is 1. The normalized spacial score (nSPS) is 28.2. The van der Waals surface area contributed by atoms with E-state index in [1.54, 1.807) is 42.4 Å². The molecule has 1 spiro atoms. The van der Waals surface area contributed by atoms with Crippen LogP contribution < -0.4 is 9.64 Å². The molecular formula is C33H38N2O7. The number of nitrogens with zero attached hydrogens (tertiary/aromatic N) is 2. The molecule has 1 N–H and O–H groups in total. The number of aliphatic hydroxyl groups excluding tert-OH is 1. The van der Waals surface area contributed by atoms with Gasteiger partial charge in [0.05, 0.1) is 31.3 Å². The van der Waals surface area contributed by atoms with Crippen molar-refractivity contribution in [3.8, 4) is 5.75 Å². The number of amides is 2. The zero-order valence-corrected chi connectivity index (χ0v) is 24.1. The lowest BCUT2D eigenvalue weighted by Crippen LogP contribution is -2.57. The first-order chi connectivity index (χ1) is 20.3. The fraction of sp³-hybridized carbons (Fsp3) is 0.424. The molecule has 2 unspecified atom stereocenters. The molecule has 9 nitrogen and oxygen atoms in total. The highest BCUT2D eigenvalue weighted by Gasteiger charge is 2.79. The summed E-state index contributed by atoms with van der Waals surface area (Å²) in [5.41, 5.74) is -0.954. The molecule has 222 valence electrons. The lowest BCUT2D eigenvalue weighted by molar-refractivity contribution is -0.161. The Bertz CT molecular complexity index is 1350. The average Bonchev–Trinajstić information content (AvgIpc) is 3.63. The number of fused-ring (bicyclic) bond motifs is 1. The topological polar surface area (TPSA) is 106 Å². The van der Waals surface area contributed by atoms with E-state index in [0.717, 1.165) is 0 Å². The first kappa shape index (κ1) is 29.5. The summed E-state index contributed by atoms with van der Waals surface area (Å²) in [6, 6.07) is 14.2. The van der Waals surface area contributed by atoms with Crippen LogP contribution in [0.5, 0.6) is 5.75 Å². The largest absolute Gasteiger partial charge is 0.497 e. The zero-order chi connectivity index (χ0) is 30.1. The first-order valence-corrected chi connectivity index (χ1v) is 14.3. The minimum atomic E-state index is -1.28. The summed E-state index contributed by atoms with van der Waals surface area (Å²) < 4.78 is 17.6. The van der Waals surface area contributed by atoms with Gasteiger partial charge in [0, 0.05) is 12.2 Å². The van der Waals surface area contributed by atoms with Gasteiger partial charge in [0.15, 0.2) is 0 Å². The minimum absolute atomic E-state index is 0.00295. The highest BCUT2D eigenvalue weighted by molar-refractivity contribution is 6.05. The molecule has 2 aromatic carbocycles. The van der Waals surface area contributed by atoms with Gasteiger partial charge >= 0.3 is 5.97 Å². The maximum absolute atomic E-state index is 14.8. The Morgan fingerprint density at radius 3 is 2.45 bits per heavy atom. The molecule has 0 saturated carbocycles. The van der Waals surface area contributed by atoms with Gasteiger partial charge in [-0.2, -0.15) is 0 Å². The zero-order valence-electron chi connectivity index (χ0n) is 24.1. The Morgan fingerprint density at radius 2 is 1.86 bits per heavy atom. The second-order valence-corrected chi connectivity index (χ2v) is 11.0. The Hall–Kier alpha value is -3.95. The van der Waals surface area contributed by atoms with E-state index >= 15 is 0 Å². The number of likely N-dealkylation sites (tertiary alicyclic amines) is 1. The molecule has 2 amide bonds. The van der Waals surface area contributed by atoms with Crippen LogP contribution in [-0.4, -0.2) is 71.9 Å². The molecular weight excluding hydrogens is 536 g/mol. The van der Waals surface area contributed by atoms with Crippen LogP contribution in [0.2, 0.25) is 0 Å². The van der Waals surface area contributed by atoms with Gasteiger partial charge in [-0.15, -0.1) is 6.58 Å². The Labute approximate surface area is 246 Å². The van der Waals surface area contributed by atoms with Gasteiger partial charge in [0.1, 0.15) is 29.9 Å². The third kappa shape index (κ3) is 4.51. The van der Waals surface area contributed by atoms with Crippen LogP contribution in [0.25, 0.3) is 0 Å². The number of hydrogen-bond donors (Lipinski definition) is 1. The Morgan fingerprint density at radius 1 is 1.14 bits per heavy atom. The van der Waals surface area contributed by atoms with Crippen molar-refractivity contribution in [2.75, 3.05) is 31.8 Å². The average molecular weight is 575 g/mol. The van der Waals surface area contributed by atoms with Crippen molar-refractivity contribution in [1.82, 2.24) is 4.90 Å². The van der Waals surface area contributed by atoms with Gasteiger partial charge in [0.25, 0.3) is 5.91 Å². The van der Waals surface area contributed by atoms with Crippen molar-refractivity contribution in [2.45, 2.75) is 49.5 Å². The van der Waals surface area contributed by atoms with E-state index in [-0.39, 0.29) is 19.1 Å². The Balaban J connectivity index is 1.66.